The maximum absolute atomic E-state index is 13.8. The molecule has 3 aliphatic carbocycles. The van der Waals surface area contributed by atoms with Crippen molar-refractivity contribution in [2.75, 3.05) is 0 Å². The van der Waals surface area contributed by atoms with E-state index in [1.165, 1.54) is 40.8 Å². The third-order valence-corrected chi connectivity index (χ3v) is 27.5. The molecular formula is C29H30Cl2NOSiZr. The summed E-state index contributed by atoms with van der Waals surface area (Å²) in [6, 6.07) is 31.0. The number of nitrogens with one attached hydrogen (secondary N) is 1. The fraction of sp³-hybridized carbons (Fsp3) is 0.276. The quantitative estimate of drug-likeness (QED) is 0.340. The molecular weight excluding hydrogens is 569 g/mol. The molecule has 2 fully saturated rings. The molecule has 0 radical (unpaired) electrons. The number of hydrogen-bond donors (Lipinski definition) is 1. The van der Waals surface area contributed by atoms with E-state index in [-0.39, 0.29) is 30.7 Å². The van der Waals surface area contributed by atoms with E-state index in [1.54, 1.807) is 0 Å². The third-order valence-electron chi connectivity index (χ3n) is 8.05. The number of amides is 1. The van der Waals surface area contributed by atoms with E-state index < -0.39 is 27.1 Å². The van der Waals surface area contributed by atoms with Crippen LogP contribution in [0, 0.1) is 17.8 Å². The molecule has 2 bridgehead atoms. The zero-order valence-electron chi connectivity index (χ0n) is 19.6. The predicted molar refractivity (Wildman–Crippen MR) is 135 cm³/mol. The molecule has 3 aromatic rings. The van der Waals surface area contributed by atoms with Gasteiger partial charge in [0.2, 0.25) is 0 Å². The molecule has 1 amide bonds. The van der Waals surface area contributed by atoms with Gasteiger partial charge in [-0.25, -0.2) is 0 Å². The van der Waals surface area contributed by atoms with Gasteiger partial charge in [0, 0.05) is 0 Å². The van der Waals surface area contributed by atoms with Crippen molar-refractivity contribution in [1.29, 1.82) is 0 Å². The van der Waals surface area contributed by atoms with Crippen LogP contribution in [-0.4, -0.2) is 11.8 Å². The van der Waals surface area contributed by atoms with Gasteiger partial charge in [-0.3, -0.25) is 0 Å². The Bertz CT molecular complexity index is 1140. The fourth-order valence-corrected chi connectivity index (χ4v) is 27.5. The van der Waals surface area contributed by atoms with Crippen LogP contribution in [0.4, 0.5) is 0 Å². The Morgan fingerprint density at radius 2 is 1.43 bits per heavy atom. The van der Waals surface area contributed by atoms with Gasteiger partial charge in [0.15, 0.2) is 0 Å². The summed E-state index contributed by atoms with van der Waals surface area (Å²) in [6.07, 6.45) is 9.71. The summed E-state index contributed by atoms with van der Waals surface area (Å²) in [7, 11) is 0. The minimum absolute atomic E-state index is 0. The van der Waals surface area contributed by atoms with Crippen LogP contribution in [-0.2, 0) is 26.0 Å². The third kappa shape index (κ3) is 5.32. The zero-order valence-corrected chi connectivity index (χ0v) is 24.7. The van der Waals surface area contributed by atoms with Gasteiger partial charge >= 0.3 is 207 Å². The van der Waals surface area contributed by atoms with E-state index in [4.69, 9.17) is 0 Å². The summed E-state index contributed by atoms with van der Waals surface area (Å²) < 4.78 is 4.30. The molecule has 2 saturated carbocycles. The summed E-state index contributed by atoms with van der Waals surface area (Å²) in [5, 5.41) is 2.95. The van der Waals surface area contributed by atoms with E-state index in [0.29, 0.717) is 15.5 Å². The van der Waals surface area contributed by atoms with Crippen molar-refractivity contribution >= 4 is 28.3 Å². The van der Waals surface area contributed by atoms with Crippen LogP contribution in [0.3, 0.4) is 0 Å². The van der Waals surface area contributed by atoms with Gasteiger partial charge in [-0.2, -0.15) is 0 Å². The van der Waals surface area contributed by atoms with Gasteiger partial charge in [0.05, 0.1) is 0 Å². The molecule has 4 atom stereocenters. The molecule has 2 nitrogen and oxygen atoms in total. The van der Waals surface area contributed by atoms with Gasteiger partial charge in [-0.05, 0) is 0 Å². The number of rotatable bonds is 6. The van der Waals surface area contributed by atoms with Gasteiger partial charge in [-0.15, -0.1) is 0 Å². The Morgan fingerprint density at radius 3 is 2.03 bits per heavy atom. The number of hydrogen-bond acceptors (Lipinski definition) is 1. The summed E-state index contributed by atoms with van der Waals surface area (Å²) in [5.74, 6) is 0.475. The predicted octanol–water partition coefficient (Wildman–Crippen LogP) is -1.61. The molecule has 3 aliphatic rings. The minimum atomic E-state index is -2.56. The summed E-state index contributed by atoms with van der Waals surface area (Å²) in [6.45, 7) is 0. The molecule has 3 aromatic carbocycles. The zero-order chi connectivity index (χ0) is 22.2. The largest absolute Gasteiger partial charge is 1.00 e. The van der Waals surface area contributed by atoms with Crippen LogP contribution < -0.4 is 38.4 Å². The second kappa shape index (κ2) is 11.7. The van der Waals surface area contributed by atoms with Crippen LogP contribution in [0.2, 0.25) is 0 Å². The minimum Gasteiger partial charge on any atom is -1.00 e. The topological polar surface area (TPSA) is 29.1 Å². The van der Waals surface area contributed by atoms with Crippen LogP contribution in [0.25, 0.3) is 6.08 Å². The van der Waals surface area contributed by atoms with Gasteiger partial charge in [-0.1, -0.05) is 0 Å². The second-order valence-corrected chi connectivity index (χ2v) is 24.5. The van der Waals surface area contributed by atoms with Crippen molar-refractivity contribution in [2.45, 2.75) is 29.3 Å². The maximum atomic E-state index is 13.8. The Hall–Kier alpha value is -1.45. The molecule has 6 rings (SSSR count). The summed E-state index contributed by atoms with van der Waals surface area (Å²) >= 11 is -2.56. The van der Waals surface area contributed by atoms with Crippen LogP contribution in [0.15, 0.2) is 91.0 Å². The fourth-order valence-electron chi connectivity index (χ4n) is 6.49. The number of carbonyl (C=O) groups is 1. The average molecular weight is 599 g/mol. The summed E-state index contributed by atoms with van der Waals surface area (Å²) in [5.41, 5.74) is 2.77. The molecule has 179 valence electrons. The smallest absolute Gasteiger partial charge is 1.00 e. The first kappa shape index (κ1) is 26.6. The van der Waals surface area contributed by atoms with Crippen LogP contribution in [0.1, 0.15) is 40.4 Å². The molecule has 1 N–H and O–H groups in total. The molecule has 0 aromatic heterocycles. The molecule has 6 heteroatoms. The number of fused-ring (bicyclic) bond motifs is 3. The average Bonchev–Trinajstić information content (AvgIpc) is 3.61. The van der Waals surface area contributed by atoms with E-state index in [1.807, 2.05) is 0 Å². The van der Waals surface area contributed by atoms with Crippen LogP contribution in [0.5, 0.6) is 0 Å². The van der Waals surface area contributed by atoms with Crippen molar-refractivity contribution in [1.82, 2.24) is 3.26 Å². The standard InChI is InChI=1S/C12H11Si.C9H7.C8H13NO.2ClH.Zr/c1-3-7-11(8-4-1)13-12-9-5-2-6-10-12;1-2-5-9-7-3-6-8(9)4-1;9-8(10)7-4-5-1-2-6(7)3-5;;;/h1-10,13H;1-7H;5-7H,1-4H2,(H2,9,10);2*1H;/q;;;;;+3/p-3. The van der Waals surface area contributed by atoms with Crippen molar-refractivity contribution in [2.24, 2.45) is 17.8 Å². The molecule has 35 heavy (non-hydrogen) atoms. The van der Waals surface area contributed by atoms with E-state index in [2.05, 4.69) is 100 Å². The van der Waals surface area contributed by atoms with Gasteiger partial charge < -0.3 is 24.8 Å². The first-order chi connectivity index (χ1) is 16.3. The Labute approximate surface area is 230 Å². The molecule has 0 aliphatic heterocycles. The second-order valence-electron chi connectivity index (χ2n) is 9.95. The van der Waals surface area contributed by atoms with Gasteiger partial charge in [0.25, 0.3) is 0 Å². The number of carbonyl (C=O) groups excluding carboxylic acids is 1. The first-order valence-corrected chi connectivity index (χ1v) is 21.0. The molecule has 0 heterocycles. The van der Waals surface area contributed by atoms with Crippen molar-refractivity contribution < 1.29 is 50.8 Å². The Morgan fingerprint density at radius 1 is 0.800 bits per heavy atom. The number of benzene rings is 3. The molecule has 0 saturated heterocycles. The Balaban J connectivity index is 0.00000144. The normalized spacial score (nSPS) is 23.3. The first-order valence-electron chi connectivity index (χ1n) is 12.3. The van der Waals surface area contributed by atoms with Crippen LogP contribution >= 0.6 is 0 Å². The maximum Gasteiger partial charge on any atom is -1.00 e. The molecule has 4 unspecified atom stereocenters. The van der Waals surface area contributed by atoms with Crippen molar-refractivity contribution in [3.05, 3.63) is 102 Å². The van der Waals surface area contributed by atoms with Crippen molar-refractivity contribution in [3.63, 3.8) is 0 Å². The van der Waals surface area contributed by atoms with Gasteiger partial charge in [0.1, 0.15) is 0 Å². The SMILES string of the molecule is O=C([NH][Zr+2]([CH]1C=Cc2ccccc21)[SiH](c1ccccc1)c1ccccc1)C1CC2CCC1C2.[Cl-].[Cl-]. The number of halogens is 2. The molecule has 0 spiro atoms. The number of allylic oxidation sites excluding steroid dienone is 1. The Kier molecular flexibility index (Phi) is 8.92. The monoisotopic (exact) mass is 596 g/mol. The van der Waals surface area contributed by atoms with E-state index in [9.17, 15) is 4.79 Å². The van der Waals surface area contributed by atoms with Crippen molar-refractivity contribution in [3.8, 4) is 0 Å². The summed E-state index contributed by atoms with van der Waals surface area (Å²) in [4.78, 5) is 13.8. The van der Waals surface area contributed by atoms with E-state index in [0.717, 1.165) is 12.3 Å². The van der Waals surface area contributed by atoms with E-state index >= 15 is 0 Å².